The molecule has 0 aromatic heterocycles. The summed E-state index contributed by atoms with van der Waals surface area (Å²) in [7, 11) is 0. The van der Waals surface area contributed by atoms with E-state index < -0.39 is 11.8 Å². The van der Waals surface area contributed by atoms with E-state index in [1.54, 1.807) is 31.2 Å². The highest BCUT2D eigenvalue weighted by Gasteiger charge is 2.07. The molecule has 4 N–H and O–H groups in total. The molecule has 0 heterocycles. The molecule has 0 radical (unpaired) electrons. The first-order valence-corrected chi connectivity index (χ1v) is 5.42. The molecular formula is C12H14N4O3. The third-order valence-corrected chi connectivity index (χ3v) is 2.15. The molecule has 0 bridgehead atoms. The summed E-state index contributed by atoms with van der Waals surface area (Å²) in [6.07, 6.45) is 0. The minimum absolute atomic E-state index is 0.186. The number of hydrazone groups is 1. The molecule has 1 aromatic carbocycles. The van der Waals surface area contributed by atoms with Gasteiger partial charge in [0.05, 0.1) is 5.71 Å². The predicted molar refractivity (Wildman–Crippen MR) is 70.3 cm³/mol. The van der Waals surface area contributed by atoms with Gasteiger partial charge in [-0.25, -0.2) is 5.43 Å². The van der Waals surface area contributed by atoms with Gasteiger partial charge in [-0.05, 0) is 24.6 Å². The lowest BCUT2D eigenvalue weighted by Crippen LogP contribution is -2.33. The monoisotopic (exact) mass is 262 g/mol. The maximum atomic E-state index is 10.9. The smallest absolute Gasteiger partial charge is 0.329 e. The zero-order chi connectivity index (χ0) is 14.4. The number of hydrogen-bond donors (Lipinski definition) is 3. The standard InChI is InChI=1S/C12H14N4O3/c1-7(15-16-12(19)11(13)18)9-4-3-5-10(6-9)14-8(2)17/h3-6H,1-2H3,(H2,13,18)(H,14,17)(H,16,19). The topological polar surface area (TPSA) is 114 Å². The van der Waals surface area contributed by atoms with Crippen molar-refractivity contribution in [3.05, 3.63) is 29.8 Å². The second-order valence-electron chi connectivity index (χ2n) is 3.76. The van der Waals surface area contributed by atoms with Crippen LogP contribution in [0.1, 0.15) is 19.4 Å². The van der Waals surface area contributed by atoms with E-state index in [4.69, 9.17) is 5.73 Å². The summed E-state index contributed by atoms with van der Waals surface area (Å²) >= 11 is 0. The minimum Gasteiger partial charge on any atom is -0.361 e. The van der Waals surface area contributed by atoms with Crippen LogP contribution in [0.5, 0.6) is 0 Å². The van der Waals surface area contributed by atoms with Crippen molar-refractivity contribution in [2.75, 3.05) is 5.32 Å². The first-order chi connectivity index (χ1) is 8.90. The molecule has 0 saturated carbocycles. The predicted octanol–water partition coefficient (Wildman–Crippen LogP) is -0.0295. The van der Waals surface area contributed by atoms with Gasteiger partial charge in [-0.2, -0.15) is 5.10 Å². The van der Waals surface area contributed by atoms with Crippen LogP contribution in [0.25, 0.3) is 0 Å². The Kier molecular flexibility index (Phi) is 4.76. The number of anilines is 1. The number of benzene rings is 1. The first kappa shape index (κ1) is 14.4. The summed E-state index contributed by atoms with van der Waals surface area (Å²) in [5.74, 6) is -2.28. The Morgan fingerprint density at radius 1 is 1.21 bits per heavy atom. The van der Waals surface area contributed by atoms with Crippen molar-refractivity contribution in [3.8, 4) is 0 Å². The van der Waals surface area contributed by atoms with Gasteiger partial charge in [0, 0.05) is 12.6 Å². The van der Waals surface area contributed by atoms with Crippen molar-refractivity contribution in [1.29, 1.82) is 0 Å². The highest BCUT2D eigenvalue weighted by molar-refractivity contribution is 6.34. The van der Waals surface area contributed by atoms with Gasteiger partial charge >= 0.3 is 11.8 Å². The Hall–Kier alpha value is -2.70. The van der Waals surface area contributed by atoms with Crippen LogP contribution < -0.4 is 16.5 Å². The minimum atomic E-state index is -1.11. The van der Waals surface area contributed by atoms with Crippen molar-refractivity contribution in [3.63, 3.8) is 0 Å². The fourth-order valence-corrected chi connectivity index (χ4v) is 1.28. The van der Waals surface area contributed by atoms with Gasteiger partial charge in [0.2, 0.25) is 5.91 Å². The molecule has 7 heteroatoms. The summed E-state index contributed by atoms with van der Waals surface area (Å²) in [6, 6.07) is 6.90. The Labute approximate surface area is 109 Å². The zero-order valence-electron chi connectivity index (χ0n) is 10.6. The number of nitrogens with one attached hydrogen (secondary N) is 2. The molecule has 19 heavy (non-hydrogen) atoms. The van der Waals surface area contributed by atoms with Gasteiger partial charge in [0.1, 0.15) is 0 Å². The maximum absolute atomic E-state index is 10.9. The van der Waals surface area contributed by atoms with E-state index >= 15 is 0 Å². The maximum Gasteiger partial charge on any atom is 0.329 e. The van der Waals surface area contributed by atoms with E-state index in [9.17, 15) is 14.4 Å². The number of nitrogens with zero attached hydrogens (tertiary/aromatic N) is 1. The molecule has 3 amide bonds. The largest absolute Gasteiger partial charge is 0.361 e. The Balaban J connectivity index is 2.84. The first-order valence-electron chi connectivity index (χ1n) is 5.42. The summed E-state index contributed by atoms with van der Waals surface area (Å²) in [6.45, 7) is 3.05. The molecule has 0 spiro atoms. The van der Waals surface area contributed by atoms with Crippen LogP contribution in [0.3, 0.4) is 0 Å². The van der Waals surface area contributed by atoms with Crippen molar-refractivity contribution >= 4 is 29.1 Å². The number of amides is 3. The summed E-state index contributed by atoms with van der Waals surface area (Å²) in [5.41, 5.74) is 8.58. The molecule has 1 aromatic rings. The van der Waals surface area contributed by atoms with Crippen molar-refractivity contribution in [2.24, 2.45) is 10.8 Å². The Bertz CT molecular complexity index is 552. The van der Waals surface area contributed by atoms with Crippen LogP contribution in [0.4, 0.5) is 5.69 Å². The number of carbonyl (C=O) groups is 3. The molecule has 7 nitrogen and oxygen atoms in total. The van der Waals surface area contributed by atoms with Gasteiger partial charge in [0.15, 0.2) is 0 Å². The number of hydrogen-bond acceptors (Lipinski definition) is 4. The molecule has 1 rings (SSSR count). The molecule has 0 aliphatic heterocycles. The lowest BCUT2D eigenvalue weighted by molar-refractivity contribution is -0.137. The Morgan fingerprint density at radius 3 is 2.47 bits per heavy atom. The summed E-state index contributed by atoms with van der Waals surface area (Å²) in [4.78, 5) is 32.4. The van der Waals surface area contributed by atoms with Gasteiger partial charge in [-0.1, -0.05) is 12.1 Å². The van der Waals surface area contributed by atoms with Crippen LogP contribution in [-0.2, 0) is 14.4 Å². The van der Waals surface area contributed by atoms with E-state index in [0.29, 0.717) is 17.0 Å². The van der Waals surface area contributed by atoms with Crippen molar-refractivity contribution in [2.45, 2.75) is 13.8 Å². The molecule has 0 aliphatic carbocycles. The normalized spacial score (nSPS) is 10.7. The number of nitrogens with two attached hydrogens (primary N) is 1. The van der Waals surface area contributed by atoms with Crippen LogP contribution in [0.15, 0.2) is 29.4 Å². The van der Waals surface area contributed by atoms with E-state index in [1.807, 2.05) is 5.43 Å². The van der Waals surface area contributed by atoms with Crippen LogP contribution >= 0.6 is 0 Å². The quantitative estimate of drug-likeness (QED) is 0.403. The van der Waals surface area contributed by atoms with Gasteiger partial charge < -0.3 is 11.1 Å². The summed E-state index contributed by atoms with van der Waals surface area (Å²) < 4.78 is 0. The molecule has 100 valence electrons. The van der Waals surface area contributed by atoms with Crippen LogP contribution in [-0.4, -0.2) is 23.4 Å². The lowest BCUT2D eigenvalue weighted by Gasteiger charge is -2.05. The van der Waals surface area contributed by atoms with Crippen LogP contribution in [0.2, 0.25) is 0 Å². The van der Waals surface area contributed by atoms with E-state index in [-0.39, 0.29) is 5.91 Å². The van der Waals surface area contributed by atoms with E-state index in [0.717, 1.165) is 0 Å². The zero-order valence-corrected chi connectivity index (χ0v) is 10.6. The average Bonchev–Trinajstić information content (AvgIpc) is 2.34. The number of carbonyl (C=O) groups excluding carboxylic acids is 3. The molecule has 0 saturated heterocycles. The van der Waals surface area contributed by atoms with Gasteiger partial charge in [-0.15, -0.1) is 0 Å². The average molecular weight is 262 g/mol. The van der Waals surface area contributed by atoms with Gasteiger partial charge in [-0.3, -0.25) is 14.4 Å². The molecule has 0 atom stereocenters. The fourth-order valence-electron chi connectivity index (χ4n) is 1.28. The third kappa shape index (κ3) is 4.58. The fraction of sp³-hybridized carbons (Fsp3) is 0.167. The van der Waals surface area contributed by atoms with E-state index in [2.05, 4.69) is 10.4 Å². The molecular weight excluding hydrogens is 248 g/mol. The highest BCUT2D eigenvalue weighted by Crippen LogP contribution is 2.11. The molecule has 0 unspecified atom stereocenters. The second-order valence-corrected chi connectivity index (χ2v) is 3.76. The SMILES string of the molecule is CC(=O)Nc1cccc(C(C)=NNC(=O)C(N)=O)c1. The number of rotatable bonds is 3. The summed E-state index contributed by atoms with van der Waals surface area (Å²) in [5, 5.41) is 6.37. The molecule has 0 aliphatic rings. The molecule has 0 fully saturated rings. The lowest BCUT2D eigenvalue weighted by atomic mass is 10.1. The van der Waals surface area contributed by atoms with Gasteiger partial charge in [0.25, 0.3) is 0 Å². The van der Waals surface area contributed by atoms with Crippen molar-refractivity contribution < 1.29 is 14.4 Å². The van der Waals surface area contributed by atoms with Crippen molar-refractivity contribution in [1.82, 2.24) is 5.43 Å². The highest BCUT2D eigenvalue weighted by atomic mass is 16.2. The second kappa shape index (κ2) is 6.29. The number of primary amides is 1. The Morgan fingerprint density at radius 2 is 1.89 bits per heavy atom. The van der Waals surface area contributed by atoms with E-state index in [1.165, 1.54) is 6.92 Å². The van der Waals surface area contributed by atoms with Crippen LogP contribution in [0, 0.1) is 0 Å². The third-order valence-electron chi connectivity index (χ3n) is 2.15.